The van der Waals surface area contributed by atoms with Crippen LogP contribution < -0.4 is 0 Å². The topological polar surface area (TPSA) is 143 Å². The Labute approximate surface area is 172 Å². The van der Waals surface area contributed by atoms with Crippen molar-refractivity contribution in [1.82, 2.24) is 0 Å². The minimum absolute atomic E-state index is 0.0419. The van der Waals surface area contributed by atoms with Crippen molar-refractivity contribution >= 4 is 34.7 Å². The number of nitro benzene ring substituents is 2. The van der Waals surface area contributed by atoms with E-state index in [4.69, 9.17) is 20.8 Å². The first kappa shape index (κ1) is 20.7. The Morgan fingerprint density at radius 3 is 2.30 bits per heavy atom. The van der Waals surface area contributed by atoms with Crippen LogP contribution in [0.15, 0.2) is 59.0 Å². The van der Waals surface area contributed by atoms with Crippen LogP contribution in [0.4, 0.5) is 11.4 Å². The van der Waals surface area contributed by atoms with Crippen LogP contribution in [0.5, 0.6) is 0 Å². The van der Waals surface area contributed by atoms with Crippen LogP contribution in [0, 0.1) is 20.2 Å². The number of furan rings is 1. The van der Waals surface area contributed by atoms with Crippen LogP contribution in [0.3, 0.4) is 0 Å². The van der Waals surface area contributed by atoms with Gasteiger partial charge in [-0.2, -0.15) is 0 Å². The normalized spacial score (nSPS) is 10.4. The number of hydrogen-bond acceptors (Lipinski definition) is 8. The van der Waals surface area contributed by atoms with Gasteiger partial charge in [-0.15, -0.1) is 0 Å². The molecule has 11 heteroatoms. The Morgan fingerprint density at radius 1 is 0.967 bits per heavy atom. The number of non-ortho nitro benzene ring substituents is 1. The third kappa shape index (κ3) is 4.50. The largest absolute Gasteiger partial charge is 0.451 e. The molecule has 0 spiro atoms. The van der Waals surface area contributed by atoms with Gasteiger partial charge in [0, 0.05) is 29.3 Å². The van der Waals surface area contributed by atoms with Crippen LogP contribution in [0.2, 0.25) is 5.02 Å². The molecule has 0 aliphatic heterocycles. The number of nitro groups is 2. The van der Waals surface area contributed by atoms with Crippen LogP contribution in [-0.2, 0) is 4.74 Å². The number of hydrogen-bond donors (Lipinski definition) is 0. The fourth-order valence-corrected chi connectivity index (χ4v) is 2.65. The van der Waals surface area contributed by atoms with Crippen molar-refractivity contribution in [3.63, 3.8) is 0 Å². The molecular formula is C19H11ClN2O8. The molecule has 0 N–H and O–H groups in total. The zero-order valence-electron chi connectivity index (χ0n) is 14.9. The van der Waals surface area contributed by atoms with E-state index in [1.54, 1.807) is 0 Å². The van der Waals surface area contributed by atoms with Gasteiger partial charge >= 0.3 is 5.97 Å². The molecule has 30 heavy (non-hydrogen) atoms. The van der Waals surface area contributed by atoms with E-state index in [1.165, 1.54) is 54.6 Å². The monoisotopic (exact) mass is 430 g/mol. The van der Waals surface area contributed by atoms with Gasteiger partial charge in [-0.1, -0.05) is 11.6 Å². The third-order valence-electron chi connectivity index (χ3n) is 3.97. The Balaban J connectivity index is 1.66. The second-order valence-corrected chi connectivity index (χ2v) is 6.30. The molecular weight excluding hydrogens is 420 g/mol. The van der Waals surface area contributed by atoms with E-state index in [9.17, 15) is 29.8 Å². The van der Waals surface area contributed by atoms with Crippen LogP contribution in [-0.4, -0.2) is 28.2 Å². The van der Waals surface area contributed by atoms with E-state index in [0.717, 1.165) is 0 Å². The summed E-state index contributed by atoms with van der Waals surface area (Å²) in [6, 6.07) is 11.6. The second kappa shape index (κ2) is 8.53. The zero-order valence-corrected chi connectivity index (χ0v) is 15.7. The fraction of sp³-hybridized carbons (Fsp3) is 0.0526. The maximum atomic E-state index is 12.1. The van der Waals surface area contributed by atoms with Gasteiger partial charge in [0.25, 0.3) is 11.4 Å². The van der Waals surface area contributed by atoms with Crippen molar-refractivity contribution in [2.75, 3.05) is 6.61 Å². The molecule has 3 rings (SSSR count). The summed E-state index contributed by atoms with van der Waals surface area (Å²) in [5.74, 6) is -1.51. The maximum absolute atomic E-state index is 12.1. The molecule has 0 aliphatic rings. The number of benzene rings is 2. The maximum Gasteiger partial charge on any atom is 0.374 e. The molecule has 0 amide bonds. The highest BCUT2D eigenvalue weighted by Gasteiger charge is 2.19. The van der Waals surface area contributed by atoms with Gasteiger partial charge in [0.1, 0.15) is 10.8 Å². The van der Waals surface area contributed by atoms with Crippen molar-refractivity contribution in [1.29, 1.82) is 0 Å². The first-order valence-corrected chi connectivity index (χ1v) is 8.63. The number of carbonyl (C=O) groups is 2. The summed E-state index contributed by atoms with van der Waals surface area (Å²) >= 11 is 5.77. The Morgan fingerprint density at radius 2 is 1.67 bits per heavy atom. The number of halogens is 1. The van der Waals surface area contributed by atoms with Gasteiger partial charge in [0.05, 0.1) is 9.85 Å². The SMILES string of the molecule is O=C(COC(=O)c1ccc(-c2ccc(Cl)c([N+](=O)[O-])c2)o1)c1ccc([N+](=O)[O-])cc1. The van der Waals surface area contributed by atoms with E-state index in [2.05, 4.69) is 0 Å². The first-order chi connectivity index (χ1) is 14.3. The molecule has 2 aromatic carbocycles. The summed E-state index contributed by atoms with van der Waals surface area (Å²) < 4.78 is 10.3. The summed E-state index contributed by atoms with van der Waals surface area (Å²) in [6.45, 7) is -0.598. The molecule has 0 radical (unpaired) electrons. The fourth-order valence-electron chi connectivity index (χ4n) is 2.46. The van der Waals surface area contributed by atoms with Gasteiger partial charge in [-0.25, -0.2) is 4.79 Å². The molecule has 0 bridgehead atoms. The molecule has 0 saturated carbocycles. The third-order valence-corrected chi connectivity index (χ3v) is 4.29. The summed E-state index contributed by atoms with van der Waals surface area (Å²) in [5, 5.41) is 21.6. The van der Waals surface area contributed by atoms with E-state index in [0.29, 0.717) is 5.56 Å². The lowest BCUT2D eigenvalue weighted by atomic mass is 10.1. The van der Waals surface area contributed by atoms with Gasteiger partial charge in [-0.05, 0) is 36.4 Å². The van der Waals surface area contributed by atoms with Crippen molar-refractivity contribution in [2.45, 2.75) is 0 Å². The highest BCUT2D eigenvalue weighted by Crippen LogP contribution is 2.31. The molecule has 0 atom stereocenters. The predicted molar refractivity (Wildman–Crippen MR) is 104 cm³/mol. The molecule has 1 aromatic heterocycles. The molecule has 10 nitrogen and oxygen atoms in total. The summed E-state index contributed by atoms with van der Waals surface area (Å²) in [4.78, 5) is 44.5. The molecule has 0 saturated heterocycles. The van der Waals surface area contributed by atoms with E-state index < -0.39 is 28.2 Å². The number of esters is 1. The number of rotatable bonds is 7. The highest BCUT2D eigenvalue weighted by atomic mass is 35.5. The summed E-state index contributed by atoms with van der Waals surface area (Å²) in [5.41, 5.74) is -0.0217. The van der Waals surface area contributed by atoms with E-state index in [-0.39, 0.29) is 33.5 Å². The molecule has 152 valence electrons. The molecule has 0 aliphatic carbocycles. The summed E-state index contributed by atoms with van der Waals surface area (Å²) in [6.07, 6.45) is 0. The second-order valence-electron chi connectivity index (χ2n) is 5.89. The number of ketones is 1. The lowest BCUT2D eigenvalue weighted by molar-refractivity contribution is -0.385. The van der Waals surface area contributed by atoms with Crippen molar-refractivity contribution in [2.24, 2.45) is 0 Å². The van der Waals surface area contributed by atoms with Crippen LogP contribution in [0.1, 0.15) is 20.9 Å². The zero-order chi connectivity index (χ0) is 21.8. The molecule has 0 unspecified atom stereocenters. The minimum Gasteiger partial charge on any atom is -0.451 e. The van der Waals surface area contributed by atoms with Gasteiger partial charge in [-0.3, -0.25) is 25.0 Å². The Hall–Kier alpha value is -4.05. The molecule has 3 aromatic rings. The van der Waals surface area contributed by atoms with Crippen molar-refractivity contribution in [3.05, 3.63) is 91.2 Å². The smallest absolute Gasteiger partial charge is 0.374 e. The number of nitrogens with zero attached hydrogens (tertiary/aromatic N) is 2. The number of carbonyl (C=O) groups excluding carboxylic acids is 2. The van der Waals surface area contributed by atoms with E-state index >= 15 is 0 Å². The van der Waals surface area contributed by atoms with Gasteiger partial charge in [0.2, 0.25) is 5.76 Å². The van der Waals surface area contributed by atoms with E-state index in [1.807, 2.05) is 0 Å². The predicted octanol–water partition coefficient (Wildman–Crippen LogP) is 4.46. The first-order valence-electron chi connectivity index (χ1n) is 8.25. The number of Topliss-reactive ketones (excluding diaryl/α,β-unsaturated/α-hetero) is 1. The standard InChI is InChI=1S/C19H11ClN2O8/c20-14-6-3-12(9-15(14)22(27)28)17-7-8-18(30-17)19(24)29-10-16(23)11-1-4-13(5-2-11)21(25)26/h1-9H,10H2. The quantitative estimate of drug-likeness (QED) is 0.231. The Bertz CT molecular complexity index is 1150. The summed E-state index contributed by atoms with van der Waals surface area (Å²) in [7, 11) is 0. The van der Waals surface area contributed by atoms with Crippen LogP contribution >= 0.6 is 11.6 Å². The minimum atomic E-state index is -0.917. The average molecular weight is 431 g/mol. The van der Waals surface area contributed by atoms with Crippen LogP contribution in [0.25, 0.3) is 11.3 Å². The van der Waals surface area contributed by atoms with Crippen molar-refractivity contribution in [3.8, 4) is 11.3 Å². The molecule has 0 fully saturated rings. The average Bonchev–Trinajstić information content (AvgIpc) is 3.22. The van der Waals surface area contributed by atoms with Crippen molar-refractivity contribution < 1.29 is 28.6 Å². The highest BCUT2D eigenvalue weighted by molar-refractivity contribution is 6.32. The molecule has 1 heterocycles. The Kier molecular flexibility index (Phi) is 5.88. The lowest BCUT2D eigenvalue weighted by Crippen LogP contribution is -2.13. The lowest BCUT2D eigenvalue weighted by Gasteiger charge is -2.03. The number of ether oxygens (including phenoxy) is 1. The van der Waals surface area contributed by atoms with Gasteiger partial charge in [0.15, 0.2) is 12.4 Å². The van der Waals surface area contributed by atoms with Gasteiger partial charge < -0.3 is 9.15 Å².